The minimum atomic E-state index is -0.441. The standard InChI is InChI=1S/C28H27NO4/c30-27(22-14-8-3-9-15-22)26-24(25(26)21-12-6-2-7-13-21)16-17-33-29-23(19-32-28(29)31)18-20-10-4-1-5-11-20/h1-15,23-26H,16-19H2/t23-,24-,25+,26+/m0/s1. The highest BCUT2D eigenvalue weighted by molar-refractivity contribution is 6.00. The second-order valence-electron chi connectivity index (χ2n) is 8.72. The first kappa shape index (κ1) is 21.4. The van der Waals surface area contributed by atoms with Gasteiger partial charge in [0, 0.05) is 11.5 Å². The second kappa shape index (κ2) is 9.59. The number of Topliss-reactive ketones (excluding diaryl/α,β-unsaturated/α-hetero) is 1. The van der Waals surface area contributed by atoms with E-state index in [0.717, 1.165) is 11.1 Å². The lowest BCUT2D eigenvalue weighted by Gasteiger charge is -2.20. The molecule has 0 aromatic heterocycles. The number of hydroxylamine groups is 2. The maximum Gasteiger partial charge on any atom is 0.434 e. The molecule has 5 heteroatoms. The number of amides is 1. The molecule has 1 saturated heterocycles. The highest BCUT2D eigenvalue weighted by Crippen LogP contribution is 2.57. The quantitative estimate of drug-likeness (QED) is 0.424. The minimum Gasteiger partial charge on any atom is -0.446 e. The Labute approximate surface area is 193 Å². The summed E-state index contributed by atoms with van der Waals surface area (Å²) in [6.45, 7) is 0.686. The summed E-state index contributed by atoms with van der Waals surface area (Å²) in [5, 5.41) is 1.38. The van der Waals surface area contributed by atoms with Crippen LogP contribution in [0.4, 0.5) is 4.79 Å². The van der Waals surface area contributed by atoms with Gasteiger partial charge < -0.3 is 4.74 Å². The molecule has 3 aromatic rings. The smallest absolute Gasteiger partial charge is 0.434 e. The molecule has 5 rings (SSSR count). The summed E-state index contributed by atoms with van der Waals surface area (Å²) in [5.74, 6) is 0.473. The number of hydrogen-bond acceptors (Lipinski definition) is 4. The van der Waals surface area contributed by atoms with E-state index < -0.39 is 6.09 Å². The van der Waals surface area contributed by atoms with E-state index in [1.54, 1.807) is 0 Å². The fourth-order valence-corrected chi connectivity index (χ4v) is 4.94. The van der Waals surface area contributed by atoms with Gasteiger partial charge in [-0.1, -0.05) is 91.0 Å². The summed E-state index contributed by atoms with van der Waals surface area (Å²) in [5.41, 5.74) is 3.06. The Hall–Kier alpha value is -3.44. The molecule has 1 heterocycles. The molecular weight excluding hydrogens is 414 g/mol. The molecule has 168 valence electrons. The van der Waals surface area contributed by atoms with Crippen LogP contribution in [0, 0.1) is 11.8 Å². The van der Waals surface area contributed by atoms with Crippen molar-refractivity contribution in [2.24, 2.45) is 11.8 Å². The Kier molecular flexibility index (Phi) is 6.22. The highest BCUT2D eigenvalue weighted by Gasteiger charge is 2.54. The van der Waals surface area contributed by atoms with Crippen molar-refractivity contribution in [2.75, 3.05) is 13.2 Å². The number of benzene rings is 3. The number of hydrogen-bond donors (Lipinski definition) is 0. The molecule has 3 aromatic carbocycles. The molecule has 33 heavy (non-hydrogen) atoms. The van der Waals surface area contributed by atoms with Crippen LogP contribution in [0.3, 0.4) is 0 Å². The van der Waals surface area contributed by atoms with Gasteiger partial charge in [0.1, 0.15) is 12.6 Å². The van der Waals surface area contributed by atoms with Crippen LogP contribution in [0.15, 0.2) is 91.0 Å². The zero-order valence-electron chi connectivity index (χ0n) is 18.4. The van der Waals surface area contributed by atoms with E-state index in [9.17, 15) is 9.59 Å². The highest BCUT2D eigenvalue weighted by atomic mass is 16.7. The van der Waals surface area contributed by atoms with Crippen LogP contribution in [0.5, 0.6) is 0 Å². The van der Waals surface area contributed by atoms with Crippen LogP contribution in [-0.2, 0) is 16.0 Å². The van der Waals surface area contributed by atoms with Crippen LogP contribution < -0.4 is 0 Å². The molecule has 1 aliphatic heterocycles. The van der Waals surface area contributed by atoms with E-state index in [-0.39, 0.29) is 29.6 Å². The van der Waals surface area contributed by atoms with Crippen molar-refractivity contribution in [3.8, 4) is 0 Å². The second-order valence-corrected chi connectivity index (χ2v) is 8.72. The molecule has 0 N–H and O–H groups in total. The lowest BCUT2D eigenvalue weighted by atomic mass is 10.0. The van der Waals surface area contributed by atoms with Gasteiger partial charge in [0.25, 0.3) is 0 Å². The van der Waals surface area contributed by atoms with Gasteiger partial charge in [-0.25, -0.2) is 4.79 Å². The van der Waals surface area contributed by atoms with E-state index in [1.807, 2.05) is 78.9 Å². The van der Waals surface area contributed by atoms with Gasteiger partial charge in [0.05, 0.1) is 6.61 Å². The fourth-order valence-electron chi connectivity index (χ4n) is 4.94. The van der Waals surface area contributed by atoms with Gasteiger partial charge in [-0.2, -0.15) is 5.06 Å². The normalized spacial score (nSPS) is 23.9. The van der Waals surface area contributed by atoms with Gasteiger partial charge >= 0.3 is 6.09 Å². The summed E-state index contributed by atoms with van der Waals surface area (Å²) in [6, 6.07) is 29.5. The van der Waals surface area contributed by atoms with Crippen molar-refractivity contribution in [1.29, 1.82) is 0 Å². The third-order valence-electron chi connectivity index (χ3n) is 6.62. The largest absolute Gasteiger partial charge is 0.446 e. The maximum absolute atomic E-state index is 13.2. The van der Waals surface area contributed by atoms with Gasteiger partial charge in [-0.15, -0.1) is 0 Å². The zero-order valence-corrected chi connectivity index (χ0v) is 18.4. The van der Waals surface area contributed by atoms with Gasteiger partial charge in [-0.3, -0.25) is 9.63 Å². The predicted octanol–water partition coefficient (Wildman–Crippen LogP) is 5.28. The number of carbonyl (C=O) groups is 2. The van der Waals surface area contributed by atoms with Crippen LogP contribution in [0.2, 0.25) is 0 Å². The molecule has 0 bridgehead atoms. The minimum absolute atomic E-state index is 0.0657. The maximum atomic E-state index is 13.2. The monoisotopic (exact) mass is 441 g/mol. The summed E-state index contributed by atoms with van der Waals surface area (Å²) >= 11 is 0. The third-order valence-corrected chi connectivity index (χ3v) is 6.62. The van der Waals surface area contributed by atoms with E-state index in [0.29, 0.717) is 26.1 Å². The van der Waals surface area contributed by atoms with E-state index in [4.69, 9.17) is 9.57 Å². The number of cyclic esters (lactones) is 1. The molecule has 1 amide bonds. The Balaban J connectivity index is 1.23. The lowest BCUT2D eigenvalue weighted by molar-refractivity contribution is -0.132. The van der Waals surface area contributed by atoms with Gasteiger partial charge in [0.15, 0.2) is 5.78 Å². The van der Waals surface area contributed by atoms with Crippen molar-refractivity contribution in [3.63, 3.8) is 0 Å². The molecule has 1 aliphatic carbocycles. The molecule has 0 unspecified atom stereocenters. The number of ether oxygens (including phenoxy) is 1. The Morgan fingerprint density at radius 3 is 2.24 bits per heavy atom. The topological polar surface area (TPSA) is 55.8 Å². The summed E-state index contributed by atoms with van der Waals surface area (Å²) < 4.78 is 5.24. The molecule has 2 aliphatic rings. The van der Waals surface area contributed by atoms with Crippen molar-refractivity contribution in [2.45, 2.75) is 24.8 Å². The fraction of sp³-hybridized carbons (Fsp3) is 0.286. The van der Waals surface area contributed by atoms with E-state index in [2.05, 4.69) is 12.1 Å². The molecule has 0 spiro atoms. The average molecular weight is 442 g/mol. The number of rotatable bonds is 9. The van der Waals surface area contributed by atoms with E-state index >= 15 is 0 Å². The molecule has 5 nitrogen and oxygen atoms in total. The van der Waals surface area contributed by atoms with Crippen LogP contribution >= 0.6 is 0 Å². The Morgan fingerprint density at radius 2 is 1.55 bits per heavy atom. The number of ketones is 1. The zero-order chi connectivity index (χ0) is 22.6. The van der Waals surface area contributed by atoms with Crippen LogP contribution in [0.25, 0.3) is 0 Å². The number of nitrogens with zero attached hydrogens (tertiary/aromatic N) is 1. The van der Waals surface area contributed by atoms with E-state index in [1.165, 1.54) is 10.6 Å². The summed E-state index contributed by atoms with van der Waals surface area (Å²) in [4.78, 5) is 31.4. The molecule has 1 saturated carbocycles. The summed E-state index contributed by atoms with van der Waals surface area (Å²) in [7, 11) is 0. The molecule has 2 fully saturated rings. The Bertz CT molecular complexity index is 1090. The van der Waals surface area contributed by atoms with Crippen LogP contribution in [0.1, 0.15) is 33.8 Å². The molecule has 0 radical (unpaired) electrons. The Morgan fingerprint density at radius 1 is 0.909 bits per heavy atom. The van der Waals surface area contributed by atoms with Crippen molar-refractivity contribution >= 4 is 11.9 Å². The van der Waals surface area contributed by atoms with Gasteiger partial charge in [-0.05, 0) is 35.8 Å². The SMILES string of the molecule is O=C(c1ccccc1)[C@@H]1[C@@H](CCON2C(=O)OC[C@@H]2Cc2ccccc2)[C@H]1c1ccccc1. The number of carbonyl (C=O) groups excluding carboxylic acids is 2. The first-order valence-electron chi connectivity index (χ1n) is 11.5. The lowest BCUT2D eigenvalue weighted by Crippen LogP contribution is -2.35. The molecule has 4 atom stereocenters. The van der Waals surface area contributed by atoms with Gasteiger partial charge in [0.2, 0.25) is 0 Å². The van der Waals surface area contributed by atoms with Crippen molar-refractivity contribution in [1.82, 2.24) is 5.06 Å². The molecular formula is C28H27NO4. The predicted molar refractivity (Wildman–Crippen MR) is 125 cm³/mol. The average Bonchev–Trinajstić information content (AvgIpc) is 3.49. The van der Waals surface area contributed by atoms with Crippen LogP contribution in [-0.4, -0.2) is 36.2 Å². The third kappa shape index (κ3) is 4.69. The van der Waals surface area contributed by atoms with Crippen molar-refractivity contribution in [3.05, 3.63) is 108 Å². The first-order valence-corrected chi connectivity index (χ1v) is 11.5. The van der Waals surface area contributed by atoms with Crippen molar-refractivity contribution < 1.29 is 19.2 Å². The summed E-state index contributed by atoms with van der Waals surface area (Å²) in [6.07, 6.45) is 0.936. The first-order chi connectivity index (χ1) is 16.2.